The van der Waals surface area contributed by atoms with Crippen molar-refractivity contribution in [3.63, 3.8) is 0 Å². The van der Waals surface area contributed by atoms with Gasteiger partial charge in [-0.2, -0.15) is 13.2 Å². The number of halogens is 4. The van der Waals surface area contributed by atoms with Crippen LogP contribution in [0.4, 0.5) is 13.2 Å². The fourth-order valence-corrected chi connectivity index (χ4v) is 6.93. The number of hydrogen-bond donors (Lipinski definition) is 2. The number of alkyl halides is 3. The number of pyridine rings is 1. The van der Waals surface area contributed by atoms with Gasteiger partial charge < -0.3 is 15.2 Å². The SMILES string of the molecule is C=CC[C@@H](C[C@H](C)NC1CCc2nc(C)n(CCOc3ccc(Cl)cc3-c3cc(C)nc(/C(=C\C)C(=O)O)c3C)c(=O)c2C1)CC(F)(F)F. The van der Waals surface area contributed by atoms with Gasteiger partial charge >= 0.3 is 12.1 Å². The molecule has 0 fully saturated rings. The summed E-state index contributed by atoms with van der Waals surface area (Å²) in [5, 5.41) is 13.7. The number of nitrogens with one attached hydrogen (secondary N) is 1. The van der Waals surface area contributed by atoms with E-state index in [9.17, 15) is 27.9 Å². The van der Waals surface area contributed by atoms with Gasteiger partial charge in [-0.3, -0.25) is 14.3 Å². The van der Waals surface area contributed by atoms with Crippen molar-refractivity contribution in [2.24, 2.45) is 5.92 Å². The molecule has 1 aliphatic carbocycles. The Bertz CT molecular complexity index is 1790. The summed E-state index contributed by atoms with van der Waals surface area (Å²) in [6.45, 7) is 12.9. The van der Waals surface area contributed by atoms with Crippen molar-refractivity contribution in [1.82, 2.24) is 19.9 Å². The second kappa shape index (κ2) is 16.2. The van der Waals surface area contributed by atoms with Crippen LogP contribution in [0, 0.1) is 26.7 Å². The van der Waals surface area contributed by atoms with Gasteiger partial charge in [-0.15, -0.1) is 6.58 Å². The Kier molecular flexibility index (Phi) is 12.5. The number of rotatable bonds is 14. The van der Waals surface area contributed by atoms with Crippen molar-refractivity contribution in [3.8, 4) is 16.9 Å². The Hall–Kier alpha value is -3.96. The van der Waals surface area contributed by atoms with Gasteiger partial charge in [-0.05, 0) is 108 Å². The minimum absolute atomic E-state index is 0.0579. The van der Waals surface area contributed by atoms with Crippen LogP contribution in [-0.4, -0.2) is 50.5 Å². The molecule has 1 aliphatic rings. The summed E-state index contributed by atoms with van der Waals surface area (Å²) in [6, 6.07) is 6.83. The molecule has 8 nitrogen and oxygen atoms in total. The van der Waals surface area contributed by atoms with Crippen LogP contribution in [0.3, 0.4) is 0 Å². The van der Waals surface area contributed by atoms with E-state index in [1.54, 1.807) is 50.5 Å². The molecule has 2 aromatic heterocycles. The number of benzene rings is 1. The van der Waals surface area contributed by atoms with E-state index in [4.69, 9.17) is 21.3 Å². The molecule has 264 valence electrons. The lowest BCUT2D eigenvalue weighted by molar-refractivity contribution is -0.145. The highest BCUT2D eigenvalue weighted by Crippen LogP contribution is 2.37. The summed E-state index contributed by atoms with van der Waals surface area (Å²) in [7, 11) is 0. The van der Waals surface area contributed by atoms with Crippen molar-refractivity contribution >= 4 is 23.1 Å². The average Bonchev–Trinajstić information content (AvgIpc) is 3.00. The zero-order valence-corrected chi connectivity index (χ0v) is 29.3. The third kappa shape index (κ3) is 9.60. The number of carbonyl (C=O) groups is 1. The maximum atomic E-state index is 13.8. The predicted octanol–water partition coefficient (Wildman–Crippen LogP) is 7.82. The van der Waals surface area contributed by atoms with E-state index < -0.39 is 24.5 Å². The molecule has 0 radical (unpaired) electrons. The molecular weight excluding hydrogens is 657 g/mol. The quantitative estimate of drug-likeness (QED) is 0.130. The Labute approximate surface area is 290 Å². The fraction of sp³-hybridized carbons (Fsp3) is 0.459. The number of aromatic nitrogens is 3. The maximum absolute atomic E-state index is 13.8. The normalized spacial score (nSPS) is 16.2. The van der Waals surface area contributed by atoms with E-state index >= 15 is 0 Å². The number of aryl methyl sites for hydroxylation is 3. The standard InChI is InChI=1S/C37H44ClF3N4O4/c1-7-9-25(20-37(39,40)41)16-21(3)42-27-11-12-32-31(19-27)35(46)45(24(6)44-32)14-15-49-33-13-10-26(38)18-30(33)29-17-22(4)43-34(23(29)5)28(8-2)36(47)48/h7-8,10,13,17-18,21,25,27,42H,1,9,11-12,14-16,19-20H2,2-6H3,(H,47,48)/b28-8+/t21-,25-,27?/m0/s1. The van der Waals surface area contributed by atoms with E-state index in [1.165, 1.54) is 12.2 Å². The second-order valence-corrected chi connectivity index (χ2v) is 13.2. The van der Waals surface area contributed by atoms with Crippen molar-refractivity contribution in [3.05, 3.63) is 92.4 Å². The molecule has 0 saturated heterocycles. The average molecular weight is 701 g/mol. The van der Waals surface area contributed by atoms with Gasteiger partial charge in [0.05, 0.1) is 23.5 Å². The van der Waals surface area contributed by atoms with Crippen molar-refractivity contribution in [2.75, 3.05) is 6.61 Å². The van der Waals surface area contributed by atoms with Crippen LogP contribution in [-0.2, 0) is 24.2 Å². The van der Waals surface area contributed by atoms with E-state index in [0.29, 0.717) is 63.9 Å². The molecule has 4 rings (SSSR count). The Balaban J connectivity index is 1.51. The Morgan fingerprint density at radius 2 is 1.96 bits per heavy atom. The third-order valence-corrected chi connectivity index (χ3v) is 9.16. The lowest BCUT2D eigenvalue weighted by Crippen LogP contribution is -2.44. The number of nitrogens with zero attached hydrogens (tertiary/aromatic N) is 3. The van der Waals surface area contributed by atoms with Gasteiger partial charge in [-0.25, -0.2) is 9.78 Å². The van der Waals surface area contributed by atoms with E-state index in [-0.39, 0.29) is 42.8 Å². The molecule has 49 heavy (non-hydrogen) atoms. The van der Waals surface area contributed by atoms with Crippen LogP contribution in [0.5, 0.6) is 5.75 Å². The molecule has 1 unspecified atom stereocenters. The zero-order chi connectivity index (χ0) is 36.0. The Morgan fingerprint density at radius 3 is 2.61 bits per heavy atom. The first-order valence-corrected chi connectivity index (χ1v) is 16.8. The van der Waals surface area contributed by atoms with Gasteiger partial charge in [0.25, 0.3) is 5.56 Å². The maximum Gasteiger partial charge on any atom is 0.389 e. The van der Waals surface area contributed by atoms with Crippen molar-refractivity contribution < 1.29 is 27.8 Å². The number of ether oxygens (including phenoxy) is 1. The largest absolute Gasteiger partial charge is 0.491 e. The summed E-state index contributed by atoms with van der Waals surface area (Å²) in [6.07, 6.45) is 0.380. The van der Waals surface area contributed by atoms with Crippen LogP contribution in [0.2, 0.25) is 5.02 Å². The number of carboxylic acids is 1. The topological polar surface area (TPSA) is 106 Å². The lowest BCUT2D eigenvalue weighted by atomic mass is 9.89. The molecule has 0 saturated carbocycles. The monoisotopic (exact) mass is 700 g/mol. The van der Waals surface area contributed by atoms with Crippen LogP contribution >= 0.6 is 11.6 Å². The number of hydrogen-bond acceptors (Lipinski definition) is 6. The first-order chi connectivity index (χ1) is 23.1. The summed E-state index contributed by atoms with van der Waals surface area (Å²) in [5.74, 6) is -0.550. The van der Waals surface area contributed by atoms with Gasteiger partial charge in [0.2, 0.25) is 0 Å². The molecule has 1 aromatic carbocycles. The molecule has 0 spiro atoms. The fourth-order valence-electron chi connectivity index (χ4n) is 6.76. The smallest absolute Gasteiger partial charge is 0.389 e. The molecule has 3 atom stereocenters. The van der Waals surface area contributed by atoms with E-state index in [0.717, 1.165) is 17.7 Å². The Morgan fingerprint density at radius 1 is 1.22 bits per heavy atom. The van der Waals surface area contributed by atoms with Gasteiger partial charge in [-0.1, -0.05) is 23.8 Å². The van der Waals surface area contributed by atoms with E-state index in [2.05, 4.69) is 16.9 Å². The number of carboxylic acid groups (broad SMARTS) is 1. The molecule has 2 heterocycles. The van der Waals surface area contributed by atoms with Gasteiger partial charge in [0, 0.05) is 40.3 Å². The highest BCUT2D eigenvalue weighted by atomic mass is 35.5. The first-order valence-electron chi connectivity index (χ1n) is 16.5. The molecular formula is C37H44ClF3N4O4. The zero-order valence-electron chi connectivity index (χ0n) is 28.6. The molecule has 3 aromatic rings. The molecule has 0 aliphatic heterocycles. The third-order valence-electron chi connectivity index (χ3n) is 8.93. The minimum atomic E-state index is -4.23. The van der Waals surface area contributed by atoms with Crippen LogP contribution in [0.25, 0.3) is 16.7 Å². The second-order valence-electron chi connectivity index (χ2n) is 12.8. The number of allylic oxidation sites excluding steroid dienone is 2. The molecule has 12 heteroatoms. The minimum Gasteiger partial charge on any atom is -0.491 e. The highest BCUT2D eigenvalue weighted by molar-refractivity contribution is 6.31. The van der Waals surface area contributed by atoms with Crippen LogP contribution < -0.4 is 15.6 Å². The van der Waals surface area contributed by atoms with Gasteiger partial charge in [0.1, 0.15) is 18.2 Å². The summed E-state index contributed by atoms with van der Waals surface area (Å²) in [5.41, 5.74) is 4.35. The molecule has 0 bridgehead atoms. The number of aliphatic carboxylic acids is 1. The van der Waals surface area contributed by atoms with Gasteiger partial charge in [0.15, 0.2) is 0 Å². The first kappa shape index (κ1) is 37.9. The predicted molar refractivity (Wildman–Crippen MR) is 186 cm³/mol. The molecule has 0 amide bonds. The number of fused-ring (bicyclic) bond motifs is 1. The molecule has 2 N–H and O–H groups in total. The summed E-state index contributed by atoms with van der Waals surface area (Å²) in [4.78, 5) is 34.9. The summed E-state index contributed by atoms with van der Waals surface area (Å²) >= 11 is 6.40. The van der Waals surface area contributed by atoms with Crippen LogP contribution in [0.15, 0.2) is 47.8 Å². The van der Waals surface area contributed by atoms with Crippen molar-refractivity contribution in [1.29, 1.82) is 0 Å². The van der Waals surface area contributed by atoms with Crippen LogP contribution in [0.1, 0.15) is 73.6 Å². The highest BCUT2D eigenvalue weighted by Gasteiger charge is 2.33. The summed E-state index contributed by atoms with van der Waals surface area (Å²) < 4.78 is 47.1. The van der Waals surface area contributed by atoms with Crippen molar-refractivity contribution in [2.45, 2.75) is 97.9 Å². The lowest BCUT2D eigenvalue weighted by Gasteiger charge is -2.30. The van der Waals surface area contributed by atoms with E-state index in [1.807, 2.05) is 13.0 Å².